The molecule has 2 aliphatic heterocycles. The summed E-state index contributed by atoms with van der Waals surface area (Å²) in [4.78, 5) is 29.5. The zero-order valence-electron chi connectivity index (χ0n) is 15.2. The summed E-state index contributed by atoms with van der Waals surface area (Å²) >= 11 is 0. The highest BCUT2D eigenvalue weighted by Crippen LogP contribution is 2.23. The SMILES string of the molecule is CC1CCCCN1C(=O)c1ccccc1NC(=O)CN1CCCCC1. The number of hydrogen-bond donors (Lipinski definition) is 1. The minimum atomic E-state index is -0.0335. The van der Waals surface area contributed by atoms with E-state index in [2.05, 4.69) is 17.1 Å². The van der Waals surface area contributed by atoms with E-state index in [0.29, 0.717) is 17.8 Å². The summed E-state index contributed by atoms with van der Waals surface area (Å²) in [5, 5.41) is 2.96. The standard InChI is InChI=1S/C20H29N3O2/c1-16-9-5-8-14-23(16)20(25)17-10-3-4-11-18(17)21-19(24)15-22-12-6-2-7-13-22/h3-4,10-11,16H,2,5-9,12-15H2,1H3,(H,21,24). The number of rotatable bonds is 4. The molecule has 0 aromatic heterocycles. The third kappa shape index (κ3) is 4.60. The molecular weight excluding hydrogens is 314 g/mol. The molecule has 5 nitrogen and oxygen atoms in total. The lowest BCUT2D eigenvalue weighted by Gasteiger charge is -2.34. The van der Waals surface area contributed by atoms with Crippen LogP contribution in [-0.2, 0) is 4.79 Å². The Morgan fingerprint density at radius 3 is 2.52 bits per heavy atom. The Morgan fingerprint density at radius 1 is 1.04 bits per heavy atom. The molecule has 5 heteroatoms. The van der Waals surface area contributed by atoms with Crippen LogP contribution in [0.4, 0.5) is 5.69 Å². The van der Waals surface area contributed by atoms with Crippen molar-refractivity contribution in [3.05, 3.63) is 29.8 Å². The summed E-state index contributed by atoms with van der Waals surface area (Å²) in [7, 11) is 0. The fourth-order valence-corrected chi connectivity index (χ4v) is 3.84. The number of carbonyl (C=O) groups is 2. The minimum Gasteiger partial charge on any atom is -0.336 e. The maximum atomic E-state index is 13.0. The highest BCUT2D eigenvalue weighted by Gasteiger charge is 2.26. The molecule has 2 amide bonds. The van der Waals surface area contributed by atoms with Gasteiger partial charge in [-0.15, -0.1) is 0 Å². The monoisotopic (exact) mass is 343 g/mol. The normalized spacial score (nSPS) is 21.8. The van der Waals surface area contributed by atoms with Crippen LogP contribution >= 0.6 is 0 Å². The molecule has 0 radical (unpaired) electrons. The maximum Gasteiger partial charge on any atom is 0.256 e. The van der Waals surface area contributed by atoms with Crippen molar-refractivity contribution in [3.8, 4) is 0 Å². The van der Waals surface area contributed by atoms with Gasteiger partial charge < -0.3 is 10.2 Å². The van der Waals surface area contributed by atoms with Gasteiger partial charge in [0.25, 0.3) is 5.91 Å². The largest absolute Gasteiger partial charge is 0.336 e. The highest BCUT2D eigenvalue weighted by molar-refractivity contribution is 6.04. The summed E-state index contributed by atoms with van der Waals surface area (Å²) in [6, 6.07) is 7.64. The number of piperidine rings is 2. The lowest BCUT2D eigenvalue weighted by molar-refractivity contribution is -0.117. The Hall–Kier alpha value is -1.88. The second-order valence-electron chi connectivity index (χ2n) is 7.27. The number of amides is 2. The topological polar surface area (TPSA) is 52.7 Å². The van der Waals surface area contributed by atoms with Gasteiger partial charge in [-0.05, 0) is 64.3 Å². The molecule has 0 bridgehead atoms. The van der Waals surface area contributed by atoms with E-state index in [9.17, 15) is 9.59 Å². The molecule has 1 N–H and O–H groups in total. The van der Waals surface area contributed by atoms with Gasteiger partial charge in [0.15, 0.2) is 0 Å². The predicted octanol–water partition coefficient (Wildman–Crippen LogP) is 3.13. The number of benzene rings is 1. The second kappa shape index (κ2) is 8.48. The number of nitrogens with one attached hydrogen (secondary N) is 1. The van der Waals surface area contributed by atoms with Crippen LogP contribution in [0.25, 0.3) is 0 Å². The Morgan fingerprint density at radius 2 is 1.76 bits per heavy atom. The van der Waals surface area contributed by atoms with E-state index in [0.717, 1.165) is 45.3 Å². The van der Waals surface area contributed by atoms with Gasteiger partial charge in [-0.2, -0.15) is 0 Å². The van der Waals surface area contributed by atoms with E-state index in [1.54, 1.807) is 0 Å². The van der Waals surface area contributed by atoms with Crippen molar-refractivity contribution in [2.45, 2.75) is 51.5 Å². The average molecular weight is 343 g/mol. The molecular formula is C20H29N3O2. The van der Waals surface area contributed by atoms with E-state index in [4.69, 9.17) is 0 Å². The van der Waals surface area contributed by atoms with E-state index in [1.807, 2.05) is 29.2 Å². The van der Waals surface area contributed by atoms with Gasteiger partial charge in [0, 0.05) is 12.6 Å². The first-order chi connectivity index (χ1) is 12.1. The molecule has 2 aliphatic rings. The van der Waals surface area contributed by atoms with Gasteiger partial charge >= 0.3 is 0 Å². The Balaban J connectivity index is 1.67. The van der Waals surface area contributed by atoms with Gasteiger partial charge in [0.2, 0.25) is 5.91 Å². The molecule has 2 heterocycles. The Bertz CT molecular complexity index is 611. The van der Waals surface area contributed by atoms with Crippen molar-refractivity contribution in [1.29, 1.82) is 0 Å². The quantitative estimate of drug-likeness (QED) is 0.914. The van der Waals surface area contributed by atoms with E-state index in [1.165, 1.54) is 12.8 Å². The van der Waals surface area contributed by atoms with Crippen LogP contribution < -0.4 is 5.32 Å². The maximum absolute atomic E-state index is 13.0. The summed E-state index contributed by atoms with van der Waals surface area (Å²) in [5.41, 5.74) is 1.23. The van der Waals surface area contributed by atoms with Crippen molar-refractivity contribution in [1.82, 2.24) is 9.80 Å². The fourth-order valence-electron chi connectivity index (χ4n) is 3.84. The number of hydrogen-bond acceptors (Lipinski definition) is 3. The Kier molecular flexibility index (Phi) is 6.08. The lowest BCUT2D eigenvalue weighted by Crippen LogP contribution is -2.42. The molecule has 2 saturated heterocycles. The molecule has 1 atom stereocenters. The van der Waals surface area contributed by atoms with Crippen LogP contribution in [0.5, 0.6) is 0 Å². The van der Waals surface area contributed by atoms with Gasteiger partial charge in [0.05, 0.1) is 17.8 Å². The molecule has 25 heavy (non-hydrogen) atoms. The van der Waals surface area contributed by atoms with Gasteiger partial charge in [-0.25, -0.2) is 0 Å². The molecule has 136 valence electrons. The summed E-state index contributed by atoms with van der Waals surface area (Å²) in [6.45, 7) is 5.28. The molecule has 3 rings (SSSR count). The summed E-state index contributed by atoms with van der Waals surface area (Å²) in [5.74, 6) is -0.00471. The zero-order valence-corrected chi connectivity index (χ0v) is 15.2. The van der Waals surface area contributed by atoms with Gasteiger partial charge in [0.1, 0.15) is 0 Å². The Labute approximate surface area is 150 Å². The minimum absolute atomic E-state index is 0.0288. The van der Waals surface area contributed by atoms with E-state index >= 15 is 0 Å². The van der Waals surface area contributed by atoms with Gasteiger partial charge in [-0.1, -0.05) is 18.6 Å². The number of nitrogens with zero attached hydrogens (tertiary/aromatic N) is 2. The predicted molar refractivity (Wildman–Crippen MR) is 99.7 cm³/mol. The summed E-state index contributed by atoms with van der Waals surface area (Å²) < 4.78 is 0. The van der Waals surface area contributed by atoms with Crippen molar-refractivity contribution in [3.63, 3.8) is 0 Å². The second-order valence-corrected chi connectivity index (χ2v) is 7.27. The lowest BCUT2D eigenvalue weighted by atomic mass is 10.0. The molecule has 1 aromatic rings. The number of anilines is 1. The van der Waals surface area contributed by atoms with Crippen molar-refractivity contribution in [2.24, 2.45) is 0 Å². The van der Waals surface area contributed by atoms with Gasteiger partial charge in [-0.3, -0.25) is 14.5 Å². The average Bonchev–Trinajstić information content (AvgIpc) is 2.63. The fraction of sp³-hybridized carbons (Fsp3) is 0.600. The smallest absolute Gasteiger partial charge is 0.256 e. The van der Waals surface area contributed by atoms with Crippen molar-refractivity contribution in [2.75, 3.05) is 31.5 Å². The first kappa shape index (κ1) is 17.9. The van der Waals surface area contributed by atoms with Crippen LogP contribution in [0.15, 0.2) is 24.3 Å². The highest BCUT2D eigenvalue weighted by atomic mass is 16.2. The van der Waals surface area contributed by atoms with Crippen LogP contribution in [0.3, 0.4) is 0 Å². The number of para-hydroxylation sites is 1. The number of likely N-dealkylation sites (tertiary alicyclic amines) is 2. The van der Waals surface area contributed by atoms with Crippen molar-refractivity contribution < 1.29 is 9.59 Å². The van der Waals surface area contributed by atoms with Crippen molar-refractivity contribution >= 4 is 17.5 Å². The van der Waals surface area contributed by atoms with Crippen LogP contribution in [0.2, 0.25) is 0 Å². The van der Waals surface area contributed by atoms with E-state index in [-0.39, 0.29) is 17.9 Å². The summed E-state index contributed by atoms with van der Waals surface area (Å²) in [6.07, 6.45) is 6.86. The van der Waals surface area contributed by atoms with Crippen LogP contribution in [0.1, 0.15) is 55.8 Å². The van der Waals surface area contributed by atoms with Crippen LogP contribution in [-0.4, -0.2) is 53.8 Å². The number of carbonyl (C=O) groups excluding carboxylic acids is 2. The molecule has 0 saturated carbocycles. The zero-order chi connectivity index (χ0) is 17.6. The molecule has 2 fully saturated rings. The van der Waals surface area contributed by atoms with E-state index < -0.39 is 0 Å². The van der Waals surface area contributed by atoms with Crippen LogP contribution in [0, 0.1) is 0 Å². The molecule has 1 aromatic carbocycles. The first-order valence-corrected chi connectivity index (χ1v) is 9.57. The third-order valence-corrected chi connectivity index (χ3v) is 5.31. The molecule has 0 aliphatic carbocycles. The first-order valence-electron chi connectivity index (χ1n) is 9.57. The third-order valence-electron chi connectivity index (χ3n) is 5.31. The molecule has 1 unspecified atom stereocenters. The molecule has 0 spiro atoms.